The summed E-state index contributed by atoms with van der Waals surface area (Å²) in [6.07, 6.45) is 4.05. The predicted octanol–water partition coefficient (Wildman–Crippen LogP) is 0.975. The minimum Gasteiger partial charge on any atom is -0.481 e. The number of hydrogen-bond donors (Lipinski definition) is 1. The van der Waals surface area contributed by atoms with Crippen LogP contribution in [0.1, 0.15) is 25.7 Å². The summed E-state index contributed by atoms with van der Waals surface area (Å²) >= 11 is 0. The number of rotatable bonds is 4. The second-order valence-corrected chi connectivity index (χ2v) is 5.30. The van der Waals surface area contributed by atoms with E-state index in [0.717, 1.165) is 38.8 Å². The van der Waals surface area contributed by atoms with Crippen LogP contribution in [-0.4, -0.2) is 61.5 Å². The highest BCUT2D eigenvalue weighted by molar-refractivity contribution is 5.71. The van der Waals surface area contributed by atoms with Gasteiger partial charge in [0, 0.05) is 33.4 Å². The molecule has 1 aliphatic carbocycles. The monoisotopic (exact) mass is 257 g/mol. The van der Waals surface area contributed by atoms with Crippen LogP contribution in [-0.2, 0) is 14.3 Å². The second-order valence-electron chi connectivity index (χ2n) is 5.30. The molecule has 2 rings (SSSR count). The summed E-state index contributed by atoms with van der Waals surface area (Å²) in [7, 11) is 3.38. The Hall–Kier alpha value is -0.650. The normalized spacial score (nSPS) is 37.9. The molecular weight excluding hydrogens is 234 g/mol. The van der Waals surface area contributed by atoms with Crippen molar-refractivity contribution >= 4 is 5.97 Å². The fourth-order valence-electron chi connectivity index (χ4n) is 3.33. The Morgan fingerprint density at radius 1 is 1.11 bits per heavy atom. The molecule has 2 fully saturated rings. The topological polar surface area (TPSA) is 59.0 Å². The van der Waals surface area contributed by atoms with Crippen LogP contribution in [0, 0.1) is 5.92 Å². The standard InChI is InChI=1S/C13H23NO4/c1-17-11-7-14(8-12(11)18-2)10-6-4-3-5-9(10)13(15)16/h9-12H,3-8H2,1-2H3,(H,15,16). The van der Waals surface area contributed by atoms with Gasteiger partial charge >= 0.3 is 5.97 Å². The lowest BCUT2D eigenvalue weighted by Gasteiger charge is -2.35. The van der Waals surface area contributed by atoms with Gasteiger partial charge in [0.2, 0.25) is 0 Å². The van der Waals surface area contributed by atoms with Crippen molar-refractivity contribution in [2.45, 2.75) is 43.9 Å². The van der Waals surface area contributed by atoms with E-state index in [2.05, 4.69) is 4.90 Å². The van der Waals surface area contributed by atoms with Gasteiger partial charge in [0.15, 0.2) is 0 Å². The van der Waals surface area contributed by atoms with E-state index < -0.39 is 5.97 Å². The van der Waals surface area contributed by atoms with Crippen LogP contribution in [0.25, 0.3) is 0 Å². The van der Waals surface area contributed by atoms with Crippen LogP contribution in [0.3, 0.4) is 0 Å². The number of ether oxygens (including phenoxy) is 2. The van der Waals surface area contributed by atoms with Crippen molar-refractivity contribution in [1.82, 2.24) is 4.90 Å². The molecule has 1 aliphatic heterocycles. The molecule has 5 heteroatoms. The van der Waals surface area contributed by atoms with Crippen molar-refractivity contribution in [3.8, 4) is 0 Å². The minimum atomic E-state index is -0.658. The van der Waals surface area contributed by atoms with Crippen molar-refractivity contribution in [2.24, 2.45) is 5.92 Å². The quantitative estimate of drug-likeness (QED) is 0.813. The molecule has 1 saturated heterocycles. The Labute approximate surface area is 108 Å². The Kier molecular flexibility index (Phi) is 4.59. The fourth-order valence-corrected chi connectivity index (χ4v) is 3.33. The van der Waals surface area contributed by atoms with E-state index in [4.69, 9.17) is 9.47 Å². The smallest absolute Gasteiger partial charge is 0.308 e. The average molecular weight is 257 g/mol. The van der Waals surface area contributed by atoms with E-state index in [-0.39, 0.29) is 24.2 Å². The van der Waals surface area contributed by atoms with Crippen LogP contribution in [0.4, 0.5) is 0 Å². The maximum atomic E-state index is 11.3. The summed E-state index contributed by atoms with van der Waals surface area (Å²) in [5, 5.41) is 9.33. The first-order valence-corrected chi connectivity index (χ1v) is 6.69. The van der Waals surface area contributed by atoms with E-state index >= 15 is 0 Å². The van der Waals surface area contributed by atoms with Gasteiger partial charge in [-0.1, -0.05) is 12.8 Å². The lowest BCUT2D eigenvalue weighted by molar-refractivity contribution is -0.145. The van der Waals surface area contributed by atoms with E-state index in [9.17, 15) is 9.90 Å². The van der Waals surface area contributed by atoms with Gasteiger partial charge in [-0.05, 0) is 12.8 Å². The fraction of sp³-hybridized carbons (Fsp3) is 0.923. The Bertz CT molecular complexity index is 285. The SMILES string of the molecule is COC1CN(C2CCCCC2C(=O)O)CC1OC. The number of carboxylic acids is 1. The summed E-state index contributed by atoms with van der Waals surface area (Å²) < 4.78 is 10.8. The third-order valence-corrected chi connectivity index (χ3v) is 4.36. The number of carboxylic acid groups (broad SMARTS) is 1. The molecule has 1 saturated carbocycles. The van der Waals surface area contributed by atoms with Crippen molar-refractivity contribution in [3.05, 3.63) is 0 Å². The first-order chi connectivity index (χ1) is 8.67. The largest absolute Gasteiger partial charge is 0.481 e. The van der Waals surface area contributed by atoms with Gasteiger partial charge in [0.05, 0.1) is 18.1 Å². The maximum Gasteiger partial charge on any atom is 0.308 e. The molecule has 0 aromatic carbocycles. The Balaban J connectivity index is 2.04. The minimum absolute atomic E-state index is 0.0615. The number of nitrogens with zero attached hydrogens (tertiary/aromatic N) is 1. The summed E-state index contributed by atoms with van der Waals surface area (Å²) in [6, 6.07) is 0.147. The zero-order chi connectivity index (χ0) is 13.1. The number of likely N-dealkylation sites (tertiary alicyclic amines) is 1. The number of carbonyl (C=O) groups is 1. The molecule has 0 radical (unpaired) electrons. The van der Waals surface area contributed by atoms with Crippen LogP contribution >= 0.6 is 0 Å². The average Bonchev–Trinajstić information content (AvgIpc) is 2.81. The molecule has 1 N–H and O–H groups in total. The Morgan fingerprint density at radius 3 is 2.17 bits per heavy atom. The molecule has 4 atom stereocenters. The lowest BCUT2D eigenvalue weighted by Crippen LogP contribution is -2.45. The summed E-state index contributed by atoms with van der Waals surface area (Å²) in [4.78, 5) is 13.6. The van der Waals surface area contributed by atoms with Gasteiger partial charge in [-0.3, -0.25) is 9.69 Å². The molecule has 2 aliphatic rings. The van der Waals surface area contributed by atoms with Gasteiger partial charge in [-0.2, -0.15) is 0 Å². The van der Waals surface area contributed by atoms with Gasteiger partial charge in [-0.15, -0.1) is 0 Å². The Morgan fingerprint density at radius 2 is 1.67 bits per heavy atom. The molecule has 0 bridgehead atoms. The maximum absolute atomic E-state index is 11.3. The highest BCUT2D eigenvalue weighted by atomic mass is 16.5. The molecule has 18 heavy (non-hydrogen) atoms. The third-order valence-electron chi connectivity index (χ3n) is 4.36. The van der Waals surface area contributed by atoms with Crippen LogP contribution in [0.5, 0.6) is 0 Å². The molecule has 4 unspecified atom stereocenters. The third kappa shape index (κ3) is 2.68. The van der Waals surface area contributed by atoms with Crippen molar-refractivity contribution in [1.29, 1.82) is 0 Å². The predicted molar refractivity (Wildman–Crippen MR) is 66.5 cm³/mol. The highest BCUT2D eigenvalue weighted by Gasteiger charge is 2.41. The molecule has 104 valence electrons. The van der Waals surface area contributed by atoms with E-state index in [1.54, 1.807) is 14.2 Å². The van der Waals surface area contributed by atoms with Gasteiger partial charge in [0.1, 0.15) is 0 Å². The van der Waals surface area contributed by atoms with E-state index in [1.807, 2.05) is 0 Å². The van der Waals surface area contributed by atoms with Gasteiger partial charge in [0.25, 0.3) is 0 Å². The summed E-state index contributed by atoms with van der Waals surface area (Å²) in [6.45, 7) is 1.56. The molecule has 0 aromatic heterocycles. The highest BCUT2D eigenvalue weighted by Crippen LogP contribution is 2.31. The van der Waals surface area contributed by atoms with Crippen molar-refractivity contribution in [2.75, 3.05) is 27.3 Å². The van der Waals surface area contributed by atoms with Crippen molar-refractivity contribution < 1.29 is 19.4 Å². The lowest BCUT2D eigenvalue weighted by atomic mass is 9.83. The first-order valence-electron chi connectivity index (χ1n) is 6.69. The first kappa shape index (κ1) is 13.8. The second kappa shape index (κ2) is 5.99. The molecule has 0 amide bonds. The zero-order valence-corrected chi connectivity index (χ0v) is 11.2. The van der Waals surface area contributed by atoms with Crippen molar-refractivity contribution in [3.63, 3.8) is 0 Å². The van der Waals surface area contributed by atoms with Gasteiger partial charge in [-0.25, -0.2) is 0 Å². The van der Waals surface area contributed by atoms with E-state index in [0.29, 0.717) is 0 Å². The summed E-state index contributed by atoms with van der Waals surface area (Å²) in [5.74, 6) is -0.888. The van der Waals surface area contributed by atoms with E-state index in [1.165, 1.54) is 0 Å². The van der Waals surface area contributed by atoms with Crippen LogP contribution < -0.4 is 0 Å². The molecule has 0 aromatic rings. The van der Waals surface area contributed by atoms with Gasteiger partial charge < -0.3 is 14.6 Å². The van der Waals surface area contributed by atoms with Crippen LogP contribution in [0.2, 0.25) is 0 Å². The summed E-state index contributed by atoms with van der Waals surface area (Å²) in [5.41, 5.74) is 0. The molecule has 5 nitrogen and oxygen atoms in total. The van der Waals surface area contributed by atoms with Crippen LogP contribution in [0.15, 0.2) is 0 Å². The number of methoxy groups -OCH3 is 2. The molecule has 0 spiro atoms. The molecular formula is C13H23NO4. The molecule has 1 heterocycles. The zero-order valence-electron chi connectivity index (χ0n) is 11.2. The number of hydrogen-bond acceptors (Lipinski definition) is 4. The number of aliphatic carboxylic acids is 1.